The molecule has 2 amide bonds. The van der Waals surface area contributed by atoms with Gasteiger partial charge < -0.3 is 4.74 Å². The largest absolute Gasteiger partial charge is 0.447 e. The fourth-order valence-corrected chi connectivity index (χ4v) is 5.59. The van der Waals surface area contributed by atoms with Gasteiger partial charge in [0.1, 0.15) is 6.61 Å². The van der Waals surface area contributed by atoms with Gasteiger partial charge in [-0.3, -0.25) is 9.69 Å². The first-order valence-corrected chi connectivity index (χ1v) is 12.4. The second-order valence-corrected chi connectivity index (χ2v) is 9.61. The summed E-state index contributed by atoms with van der Waals surface area (Å²) in [5.74, 6) is 0.911. The Morgan fingerprint density at radius 1 is 1.03 bits per heavy atom. The van der Waals surface area contributed by atoms with Crippen molar-refractivity contribution in [3.63, 3.8) is 0 Å². The summed E-state index contributed by atoms with van der Waals surface area (Å²) in [6.07, 6.45) is 4.00. The highest BCUT2D eigenvalue weighted by atomic mass is 16.6. The van der Waals surface area contributed by atoms with E-state index in [9.17, 15) is 9.59 Å². The molecule has 0 unspecified atom stereocenters. The second kappa shape index (κ2) is 11.0. The van der Waals surface area contributed by atoms with Gasteiger partial charge in [0, 0.05) is 19.0 Å². The van der Waals surface area contributed by atoms with E-state index in [4.69, 9.17) is 4.74 Å². The Hall–Kier alpha value is -2.66. The topological polar surface area (TPSA) is 49.9 Å². The van der Waals surface area contributed by atoms with Crippen LogP contribution in [-0.2, 0) is 22.5 Å². The summed E-state index contributed by atoms with van der Waals surface area (Å²) in [6, 6.07) is 20.4. The molecular formula is C28H36N2O3. The molecule has 2 aliphatic heterocycles. The maximum atomic E-state index is 13.5. The van der Waals surface area contributed by atoms with E-state index in [2.05, 4.69) is 43.0 Å². The monoisotopic (exact) mass is 448 g/mol. The van der Waals surface area contributed by atoms with Crippen molar-refractivity contribution < 1.29 is 14.3 Å². The molecule has 0 aliphatic carbocycles. The molecule has 2 aliphatic rings. The predicted molar refractivity (Wildman–Crippen MR) is 130 cm³/mol. The molecule has 2 fully saturated rings. The van der Waals surface area contributed by atoms with E-state index in [-0.39, 0.29) is 24.6 Å². The number of piperidine rings is 1. The van der Waals surface area contributed by atoms with Gasteiger partial charge >= 0.3 is 6.09 Å². The lowest BCUT2D eigenvalue weighted by atomic mass is 9.77. The highest BCUT2D eigenvalue weighted by Gasteiger charge is 2.42. The number of amides is 2. The molecule has 2 aromatic carbocycles. The van der Waals surface area contributed by atoms with Gasteiger partial charge in [-0.2, -0.15) is 0 Å². The quantitative estimate of drug-likeness (QED) is 0.550. The zero-order chi connectivity index (χ0) is 23.2. The zero-order valence-corrected chi connectivity index (χ0v) is 19.9. The highest BCUT2D eigenvalue weighted by Crippen LogP contribution is 2.35. The van der Waals surface area contributed by atoms with Crippen molar-refractivity contribution in [2.24, 2.45) is 11.8 Å². The molecule has 5 nitrogen and oxygen atoms in total. The van der Waals surface area contributed by atoms with Crippen LogP contribution in [0.5, 0.6) is 0 Å². The summed E-state index contributed by atoms with van der Waals surface area (Å²) in [5.41, 5.74) is 2.37. The normalized spacial score (nSPS) is 25.8. The average Bonchev–Trinajstić information content (AvgIpc) is 3.19. The lowest BCUT2D eigenvalue weighted by molar-refractivity contribution is -0.132. The Balaban J connectivity index is 1.50. The molecule has 33 heavy (non-hydrogen) atoms. The van der Waals surface area contributed by atoms with Crippen molar-refractivity contribution in [2.45, 2.75) is 64.6 Å². The number of hydrogen-bond donors (Lipinski definition) is 0. The van der Waals surface area contributed by atoms with Crippen LogP contribution in [0.4, 0.5) is 4.79 Å². The van der Waals surface area contributed by atoms with E-state index in [0.29, 0.717) is 24.7 Å². The number of imide groups is 1. The predicted octanol–water partition coefficient (Wildman–Crippen LogP) is 5.29. The minimum Gasteiger partial charge on any atom is -0.447 e. The lowest BCUT2D eigenvalue weighted by Gasteiger charge is -2.44. The lowest BCUT2D eigenvalue weighted by Crippen LogP contribution is -2.51. The summed E-state index contributed by atoms with van der Waals surface area (Å²) in [7, 11) is 0. The summed E-state index contributed by atoms with van der Waals surface area (Å²) < 4.78 is 5.32. The summed E-state index contributed by atoms with van der Waals surface area (Å²) in [6.45, 7) is 6.61. The fourth-order valence-electron chi connectivity index (χ4n) is 5.59. The number of ether oxygens (including phenoxy) is 1. The first-order chi connectivity index (χ1) is 16.1. The van der Waals surface area contributed by atoms with E-state index in [1.54, 1.807) is 0 Å². The molecule has 0 saturated carbocycles. The maximum Gasteiger partial charge on any atom is 0.416 e. The molecule has 5 heteroatoms. The molecule has 4 rings (SSSR count). The van der Waals surface area contributed by atoms with E-state index in [0.717, 1.165) is 31.5 Å². The van der Waals surface area contributed by atoms with Gasteiger partial charge in [0.2, 0.25) is 5.91 Å². The molecule has 176 valence electrons. The van der Waals surface area contributed by atoms with Crippen LogP contribution in [0.3, 0.4) is 0 Å². The number of benzene rings is 2. The molecule has 0 N–H and O–H groups in total. The molecule has 2 aromatic rings. The number of likely N-dealkylation sites (tertiary alicyclic amines) is 1. The van der Waals surface area contributed by atoms with Crippen LogP contribution in [0.15, 0.2) is 60.7 Å². The van der Waals surface area contributed by atoms with Crippen LogP contribution >= 0.6 is 0 Å². The van der Waals surface area contributed by atoms with Gasteiger partial charge in [-0.25, -0.2) is 9.69 Å². The smallest absolute Gasteiger partial charge is 0.416 e. The van der Waals surface area contributed by atoms with Gasteiger partial charge in [0.05, 0.1) is 6.04 Å². The zero-order valence-electron chi connectivity index (χ0n) is 19.9. The van der Waals surface area contributed by atoms with Gasteiger partial charge in [-0.15, -0.1) is 0 Å². The Morgan fingerprint density at radius 2 is 1.70 bits per heavy atom. The number of carbonyl (C=O) groups excluding carboxylic acids is 2. The third kappa shape index (κ3) is 5.64. The Labute approximate surface area is 197 Å². The SMILES string of the molecule is CCC[C@@H]1CCN(Cc2ccccc2)[C@@H](CC(=O)N2C(=O)OC[C@@H]2Cc2ccccc2)[C@H]1C. The molecule has 0 radical (unpaired) electrons. The molecule has 2 heterocycles. The summed E-state index contributed by atoms with van der Waals surface area (Å²) >= 11 is 0. The van der Waals surface area contributed by atoms with Crippen molar-refractivity contribution in [3.05, 3.63) is 71.8 Å². The fraction of sp³-hybridized carbons (Fsp3) is 0.500. The van der Waals surface area contributed by atoms with Crippen LogP contribution in [0.1, 0.15) is 50.7 Å². The van der Waals surface area contributed by atoms with Crippen molar-refractivity contribution in [1.82, 2.24) is 9.80 Å². The number of rotatable bonds is 8. The van der Waals surface area contributed by atoms with Crippen LogP contribution in [0, 0.1) is 11.8 Å². The first-order valence-electron chi connectivity index (χ1n) is 12.4. The second-order valence-electron chi connectivity index (χ2n) is 9.61. The molecule has 0 aromatic heterocycles. The van der Waals surface area contributed by atoms with Gasteiger partial charge in [-0.05, 0) is 42.3 Å². The standard InChI is InChI=1S/C28H36N2O3/c1-3-10-24-15-16-29(19-23-13-8-5-9-14-23)26(21(24)2)18-27(31)30-25(20-33-28(30)32)17-22-11-6-4-7-12-22/h4-9,11-14,21,24-26H,3,10,15-20H2,1-2H3/t21-,24+,25-,26-/m0/s1. The van der Waals surface area contributed by atoms with Crippen LogP contribution < -0.4 is 0 Å². The summed E-state index contributed by atoms with van der Waals surface area (Å²) in [4.78, 5) is 29.9. The van der Waals surface area contributed by atoms with Gasteiger partial charge in [-0.1, -0.05) is 87.4 Å². The van der Waals surface area contributed by atoms with Gasteiger partial charge in [0.15, 0.2) is 0 Å². The molecular weight excluding hydrogens is 412 g/mol. The number of cyclic esters (lactones) is 1. The maximum absolute atomic E-state index is 13.5. The van der Waals surface area contributed by atoms with Crippen molar-refractivity contribution in [3.8, 4) is 0 Å². The van der Waals surface area contributed by atoms with Crippen molar-refractivity contribution in [2.75, 3.05) is 13.2 Å². The molecule has 0 spiro atoms. The molecule has 0 bridgehead atoms. The van der Waals surface area contributed by atoms with Crippen LogP contribution in [0.25, 0.3) is 0 Å². The van der Waals surface area contributed by atoms with Crippen molar-refractivity contribution in [1.29, 1.82) is 0 Å². The van der Waals surface area contributed by atoms with Crippen molar-refractivity contribution >= 4 is 12.0 Å². The Kier molecular flexibility index (Phi) is 7.81. The molecule has 2 saturated heterocycles. The van der Waals surface area contributed by atoms with E-state index in [1.807, 2.05) is 36.4 Å². The minimum absolute atomic E-state index is 0.106. The third-order valence-electron chi connectivity index (χ3n) is 7.42. The van der Waals surface area contributed by atoms with E-state index >= 15 is 0 Å². The summed E-state index contributed by atoms with van der Waals surface area (Å²) in [5, 5.41) is 0. The number of hydrogen-bond acceptors (Lipinski definition) is 4. The minimum atomic E-state index is -0.496. The van der Waals surface area contributed by atoms with Crippen LogP contribution in [-0.4, -0.2) is 47.0 Å². The van der Waals surface area contributed by atoms with Crippen LogP contribution in [0.2, 0.25) is 0 Å². The Bertz CT molecular complexity index is 917. The van der Waals surface area contributed by atoms with E-state index in [1.165, 1.54) is 16.9 Å². The van der Waals surface area contributed by atoms with Gasteiger partial charge in [0.25, 0.3) is 0 Å². The Morgan fingerprint density at radius 3 is 2.36 bits per heavy atom. The average molecular weight is 449 g/mol. The van der Waals surface area contributed by atoms with E-state index < -0.39 is 6.09 Å². The molecule has 4 atom stereocenters. The number of carbonyl (C=O) groups is 2. The number of nitrogens with zero attached hydrogens (tertiary/aromatic N) is 2. The highest BCUT2D eigenvalue weighted by molar-refractivity contribution is 5.93. The first kappa shape index (κ1) is 23.5. The third-order valence-corrected chi connectivity index (χ3v) is 7.42.